The molecule has 0 saturated carbocycles. The van der Waals surface area contributed by atoms with E-state index in [-0.39, 0.29) is 0 Å². The lowest BCUT2D eigenvalue weighted by atomic mass is 10.1. The van der Waals surface area contributed by atoms with E-state index in [0.29, 0.717) is 16.1 Å². The fourth-order valence-corrected chi connectivity index (χ4v) is 4.19. The highest BCUT2D eigenvalue weighted by Crippen LogP contribution is 2.31. The van der Waals surface area contributed by atoms with Gasteiger partial charge in [0.2, 0.25) is 0 Å². The van der Waals surface area contributed by atoms with Crippen molar-refractivity contribution in [1.29, 1.82) is 0 Å². The molecule has 5 heteroatoms. The lowest BCUT2D eigenvalue weighted by Gasteiger charge is -2.10. The van der Waals surface area contributed by atoms with Gasteiger partial charge in [0.15, 0.2) is 16.6 Å². The van der Waals surface area contributed by atoms with Gasteiger partial charge in [-0.1, -0.05) is 42.5 Å². The molecule has 0 radical (unpaired) electrons. The van der Waals surface area contributed by atoms with Gasteiger partial charge < -0.3 is 0 Å². The van der Waals surface area contributed by atoms with E-state index < -0.39 is 11.0 Å². The summed E-state index contributed by atoms with van der Waals surface area (Å²) in [6.07, 6.45) is 2.54. The van der Waals surface area contributed by atoms with E-state index in [4.69, 9.17) is 0 Å². The minimum absolute atomic E-state index is 0.606. The molecule has 0 spiro atoms. The number of pyridine rings is 1. The fraction of sp³-hybridized carbons (Fsp3) is 0.0476. The van der Waals surface area contributed by atoms with Crippen LogP contribution in [-0.2, 0) is 11.0 Å². The van der Waals surface area contributed by atoms with E-state index in [1.807, 2.05) is 61.5 Å². The molecule has 0 amide bonds. The monoisotopic (exact) mass is 360 g/mol. The topological polar surface area (TPSA) is 52.0 Å². The summed E-state index contributed by atoms with van der Waals surface area (Å²) in [6, 6.07) is 20.5. The highest BCUT2D eigenvalue weighted by molar-refractivity contribution is 7.83. The first-order chi connectivity index (χ1) is 12.7. The Labute approximate surface area is 153 Å². The average molecular weight is 360 g/mol. The number of carbonyl (C=O) groups is 1. The average Bonchev–Trinajstić information content (AvgIpc) is 3.09. The molecule has 0 fully saturated rings. The van der Waals surface area contributed by atoms with Crippen molar-refractivity contribution in [3.63, 3.8) is 0 Å². The SMILES string of the molecule is Cc1ccnc2c1cc(-c1ccc(C=O)cc1)n2S(=O)c1ccccc1. The Hall–Kier alpha value is -3.05. The van der Waals surface area contributed by atoms with Gasteiger partial charge in [0.25, 0.3) is 0 Å². The predicted molar refractivity (Wildman–Crippen MR) is 104 cm³/mol. The van der Waals surface area contributed by atoms with Crippen molar-refractivity contribution in [2.24, 2.45) is 0 Å². The largest absolute Gasteiger partial charge is 0.298 e. The first-order valence-electron chi connectivity index (χ1n) is 8.19. The van der Waals surface area contributed by atoms with E-state index in [2.05, 4.69) is 4.98 Å². The molecule has 0 aliphatic carbocycles. The van der Waals surface area contributed by atoms with E-state index in [0.717, 1.165) is 28.5 Å². The van der Waals surface area contributed by atoms with Gasteiger partial charge in [-0.2, -0.15) is 0 Å². The first-order valence-corrected chi connectivity index (χ1v) is 9.29. The molecule has 2 heterocycles. The molecule has 1 unspecified atom stereocenters. The molecule has 1 atom stereocenters. The van der Waals surface area contributed by atoms with Crippen LogP contribution in [0.25, 0.3) is 22.3 Å². The molecule has 2 aromatic carbocycles. The maximum Gasteiger partial charge on any atom is 0.158 e. The number of hydrogen-bond acceptors (Lipinski definition) is 3. The number of aromatic nitrogens is 2. The maximum atomic E-state index is 13.3. The summed E-state index contributed by atoms with van der Waals surface area (Å²) in [5.74, 6) is 0. The number of carbonyl (C=O) groups excluding carboxylic acids is 1. The van der Waals surface area contributed by atoms with Crippen LogP contribution >= 0.6 is 0 Å². The molecule has 4 nitrogen and oxygen atoms in total. The van der Waals surface area contributed by atoms with E-state index in [1.54, 1.807) is 22.3 Å². The van der Waals surface area contributed by atoms with Gasteiger partial charge in [0.1, 0.15) is 6.29 Å². The van der Waals surface area contributed by atoms with Crippen LogP contribution in [0.3, 0.4) is 0 Å². The van der Waals surface area contributed by atoms with Gasteiger partial charge in [0, 0.05) is 17.1 Å². The van der Waals surface area contributed by atoms with Crippen LogP contribution in [0.2, 0.25) is 0 Å². The number of benzene rings is 2. The molecule has 4 rings (SSSR count). The Balaban J connectivity index is 1.98. The van der Waals surface area contributed by atoms with E-state index >= 15 is 0 Å². The molecule has 0 bridgehead atoms. The van der Waals surface area contributed by atoms with Gasteiger partial charge in [0.05, 0.1) is 10.6 Å². The third-order valence-corrected chi connectivity index (χ3v) is 5.71. The second-order valence-corrected chi connectivity index (χ2v) is 7.33. The maximum absolute atomic E-state index is 13.3. The van der Waals surface area contributed by atoms with Crippen molar-refractivity contribution in [1.82, 2.24) is 8.96 Å². The Morgan fingerprint density at radius 3 is 2.42 bits per heavy atom. The minimum Gasteiger partial charge on any atom is -0.298 e. The van der Waals surface area contributed by atoms with Gasteiger partial charge >= 0.3 is 0 Å². The van der Waals surface area contributed by atoms with Crippen molar-refractivity contribution in [2.45, 2.75) is 11.8 Å². The summed E-state index contributed by atoms with van der Waals surface area (Å²) in [5, 5.41) is 0.964. The molecule has 128 valence electrons. The van der Waals surface area contributed by atoms with Crippen molar-refractivity contribution in [3.05, 3.63) is 84.1 Å². The quantitative estimate of drug-likeness (QED) is 0.507. The predicted octanol–water partition coefficient (Wildman–Crippen LogP) is 4.40. The van der Waals surface area contributed by atoms with Crippen molar-refractivity contribution in [2.75, 3.05) is 0 Å². The zero-order chi connectivity index (χ0) is 18.1. The summed E-state index contributed by atoms with van der Waals surface area (Å²) in [6.45, 7) is 2.01. The van der Waals surface area contributed by atoms with Crippen molar-refractivity contribution >= 4 is 28.3 Å². The van der Waals surface area contributed by atoms with Gasteiger partial charge in [-0.3, -0.25) is 4.79 Å². The summed E-state index contributed by atoms with van der Waals surface area (Å²) in [5.41, 5.74) is 4.06. The zero-order valence-corrected chi connectivity index (χ0v) is 14.9. The fourth-order valence-electron chi connectivity index (χ4n) is 2.95. The second kappa shape index (κ2) is 6.69. The Bertz CT molecular complexity index is 1120. The molecule has 4 aromatic rings. The van der Waals surface area contributed by atoms with Crippen molar-refractivity contribution < 1.29 is 9.00 Å². The molecule has 0 N–H and O–H groups in total. The summed E-state index contributed by atoms with van der Waals surface area (Å²) >= 11 is 0. The highest BCUT2D eigenvalue weighted by Gasteiger charge is 2.18. The summed E-state index contributed by atoms with van der Waals surface area (Å²) < 4.78 is 15.1. The second-order valence-electron chi connectivity index (χ2n) is 5.99. The lowest BCUT2D eigenvalue weighted by molar-refractivity contribution is 0.112. The molecular formula is C21H16N2O2S. The number of nitrogens with zero attached hydrogens (tertiary/aromatic N) is 2. The minimum atomic E-state index is -1.43. The number of fused-ring (bicyclic) bond motifs is 1. The number of aldehydes is 1. The third-order valence-electron chi connectivity index (χ3n) is 4.33. The number of aryl methyl sites for hydroxylation is 1. The smallest absolute Gasteiger partial charge is 0.158 e. The van der Waals surface area contributed by atoms with Crippen LogP contribution in [-0.4, -0.2) is 19.5 Å². The summed E-state index contributed by atoms with van der Waals surface area (Å²) in [4.78, 5) is 16.1. The normalized spacial score (nSPS) is 12.2. The van der Waals surface area contributed by atoms with Crippen LogP contribution in [0, 0.1) is 6.92 Å². The first kappa shape index (κ1) is 16.4. The lowest BCUT2D eigenvalue weighted by Crippen LogP contribution is -2.07. The van der Waals surface area contributed by atoms with Gasteiger partial charge in [-0.05, 0) is 42.3 Å². The summed E-state index contributed by atoms with van der Waals surface area (Å²) in [7, 11) is -1.43. The van der Waals surface area contributed by atoms with Crippen LogP contribution in [0.5, 0.6) is 0 Å². The number of rotatable bonds is 4. The van der Waals surface area contributed by atoms with E-state index in [9.17, 15) is 9.00 Å². The van der Waals surface area contributed by atoms with E-state index in [1.165, 1.54) is 0 Å². The van der Waals surface area contributed by atoms with Gasteiger partial charge in [-0.25, -0.2) is 13.2 Å². The Morgan fingerprint density at radius 2 is 1.73 bits per heavy atom. The third kappa shape index (κ3) is 2.76. The highest BCUT2D eigenvalue weighted by atomic mass is 32.2. The van der Waals surface area contributed by atoms with Crippen LogP contribution in [0.1, 0.15) is 15.9 Å². The zero-order valence-electron chi connectivity index (χ0n) is 14.1. The number of hydrogen-bond donors (Lipinski definition) is 0. The Kier molecular flexibility index (Phi) is 4.22. The van der Waals surface area contributed by atoms with Gasteiger partial charge in [-0.15, -0.1) is 0 Å². The Morgan fingerprint density at radius 1 is 1.00 bits per heavy atom. The van der Waals surface area contributed by atoms with Crippen molar-refractivity contribution in [3.8, 4) is 11.3 Å². The molecule has 0 saturated heterocycles. The van der Waals surface area contributed by atoms with Crippen LogP contribution in [0.4, 0.5) is 0 Å². The molecule has 0 aliphatic heterocycles. The van der Waals surface area contributed by atoms with Crippen LogP contribution in [0.15, 0.2) is 77.8 Å². The molecular weight excluding hydrogens is 344 g/mol. The molecule has 0 aliphatic rings. The van der Waals surface area contributed by atoms with Crippen LogP contribution < -0.4 is 0 Å². The molecule has 2 aromatic heterocycles. The molecule has 26 heavy (non-hydrogen) atoms. The standard InChI is InChI=1S/C21H16N2O2S/c1-15-11-12-22-21-19(15)13-20(17-9-7-16(14-24)8-10-17)23(21)26(25)18-5-3-2-4-6-18/h2-14H,1H3.